The Morgan fingerprint density at radius 2 is 2.21 bits per heavy atom. The molecule has 2 rings (SSSR count). The van der Waals surface area contributed by atoms with E-state index in [1.165, 1.54) is 0 Å². The molecule has 1 amide bonds. The first-order valence-electron chi connectivity index (χ1n) is 6.83. The molecule has 0 spiro atoms. The first-order chi connectivity index (χ1) is 8.99. The van der Waals surface area contributed by atoms with Crippen LogP contribution in [-0.4, -0.2) is 39.2 Å². The number of carbonyl (C=O) groups excluding carboxylic acids is 1. The summed E-state index contributed by atoms with van der Waals surface area (Å²) in [5.41, 5.74) is 0.680. The Balaban J connectivity index is 1.81. The summed E-state index contributed by atoms with van der Waals surface area (Å²) in [5, 5.41) is 7.52. The summed E-state index contributed by atoms with van der Waals surface area (Å²) in [6.07, 6.45) is 4.95. The molecule has 1 aromatic rings. The van der Waals surface area contributed by atoms with Crippen LogP contribution in [0.15, 0.2) is 12.4 Å². The molecule has 0 atom stereocenters. The predicted molar refractivity (Wildman–Crippen MR) is 74.4 cm³/mol. The number of carbonyl (C=O) groups is 1. The lowest BCUT2D eigenvalue weighted by Gasteiger charge is -2.39. The van der Waals surface area contributed by atoms with Crippen molar-refractivity contribution in [3.8, 4) is 0 Å². The molecule has 0 unspecified atom stereocenters. The van der Waals surface area contributed by atoms with Gasteiger partial charge in [0.25, 0.3) is 0 Å². The van der Waals surface area contributed by atoms with Crippen molar-refractivity contribution in [2.24, 2.45) is 5.92 Å². The average Bonchev–Trinajstić information content (AvgIpc) is 2.71. The number of aryl methyl sites for hydroxylation is 1. The second kappa shape index (κ2) is 5.55. The molecule has 1 fully saturated rings. The van der Waals surface area contributed by atoms with Gasteiger partial charge in [0.2, 0.25) is 5.91 Å². The molecule has 19 heavy (non-hydrogen) atoms. The normalized spacial score (nSPS) is 15.7. The standard InChI is InChI=1S/C14H22N4O/c1-10(2)18-7-6-16-13(18)4-5-14(19)17-8-12(9-17)11(3)15/h6-7,10,12,15H,4-5,8-9H2,1-3H3. The van der Waals surface area contributed by atoms with E-state index in [0.717, 1.165) is 5.82 Å². The van der Waals surface area contributed by atoms with Crippen LogP contribution in [0.5, 0.6) is 0 Å². The molecule has 1 aliphatic rings. The zero-order chi connectivity index (χ0) is 14.0. The van der Waals surface area contributed by atoms with Crippen molar-refractivity contribution in [3.05, 3.63) is 18.2 Å². The van der Waals surface area contributed by atoms with Crippen molar-refractivity contribution in [1.82, 2.24) is 14.5 Å². The number of likely N-dealkylation sites (tertiary alicyclic amines) is 1. The molecule has 0 bridgehead atoms. The minimum Gasteiger partial charge on any atom is -0.341 e. The number of hydrogen-bond donors (Lipinski definition) is 1. The number of amides is 1. The van der Waals surface area contributed by atoms with Crippen LogP contribution in [0.25, 0.3) is 0 Å². The molecule has 1 aromatic heterocycles. The van der Waals surface area contributed by atoms with Crippen LogP contribution in [0.1, 0.15) is 39.1 Å². The summed E-state index contributed by atoms with van der Waals surface area (Å²) in [5.74, 6) is 1.43. The number of imidazole rings is 1. The second-order valence-electron chi connectivity index (χ2n) is 5.52. The smallest absolute Gasteiger partial charge is 0.223 e. The maximum atomic E-state index is 12.0. The third kappa shape index (κ3) is 3.03. The monoisotopic (exact) mass is 262 g/mol. The van der Waals surface area contributed by atoms with Crippen molar-refractivity contribution in [2.45, 2.75) is 39.7 Å². The summed E-state index contributed by atoms with van der Waals surface area (Å²) in [6, 6.07) is 0.376. The third-order valence-electron chi connectivity index (χ3n) is 3.71. The highest BCUT2D eigenvalue weighted by molar-refractivity contribution is 5.86. The Hall–Kier alpha value is -1.65. The van der Waals surface area contributed by atoms with Gasteiger partial charge in [-0.2, -0.15) is 0 Å². The van der Waals surface area contributed by atoms with Gasteiger partial charge < -0.3 is 14.9 Å². The summed E-state index contributed by atoms with van der Waals surface area (Å²) in [7, 11) is 0. The van der Waals surface area contributed by atoms with Gasteiger partial charge in [0.1, 0.15) is 5.82 Å². The maximum absolute atomic E-state index is 12.0. The van der Waals surface area contributed by atoms with E-state index in [4.69, 9.17) is 5.41 Å². The molecular formula is C14H22N4O. The van der Waals surface area contributed by atoms with E-state index in [1.54, 1.807) is 6.20 Å². The lowest BCUT2D eigenvalue weighted by Crippen LogP contribution is -2.52. The Kier molecular flexibility index (Phi) is 4.02. The zero-order valence-electron chi connectivity index (χ0n) is 11.9. The second-order valence-corrected chi connectivity index (χ2v) is 5.52. The molecule has 0 saturated carbocycles. The van der Waals surface area contributed by atoms with Crippen molar-refractivity contribution < 1.29 is 4.79 Å². The van der Waals surface area contributed by atoms with Crippen LogP contribution < -0.4 is 0 Å². The van der Waals surface area contributed by atoms with Crippen LogP contribution in [-0.2, 0) is 11.2 Å². The molecule has 5 nitrogen and oxygen atoms in total. The number of nitrogens with zero attached hydrogens (tertiary/aromatic N) is 3. The van der Waals surface area contributed by atoms with Gasteiger partial charge in [-0.15, -0.1) is 0 Å². The molecule has 1 N–H and O–H groups in total. The largest absolute Gasteiger partial charge is 0.341 e. The van der Waals surface area contributed by atoms with Gasteiger partial charge >= 0.3 is 0 Å². The Morgan fingerprint density at radius 1 is 1.53 bits per heavy atom. The van der Waals surface area contributed by atoms with E-state index in [2.05, 4.69) is 23.4 Å². The van der Waals surface area contributed by atoms with Gasteiger partial charge in [0.15, 0.2) is 0 Å². The number of aromatic nitrogens is 2. The molecule has 2 heterocycles. The molecule has 1 aliphatic heterocycles. The van der Waals surface area contributed by atoms with Crippen molar-refractivity contribution in [3.63, 3.8) is 0 Å². The van der Waals surface area contributed by atoms with Gasteiger partial charge in [-0.3, -0.25) is 4.79 Å². The van der Waals surface area contributed by atoms with E-state index in [1.807, 2.05) is 18.0 Å². The fraction of sp³-hybridized carbons (Fsp3) is 0.643. The minimum absolute atomic E-state index is 0.177. The Bertz CT molecular complexity index is 472. The number of nitrogens with one attached hydrogen (secondary N) is 1. The quantitative estimate of drug-likeness (QED) is 0.824. The van der Waals surface area contributed by atoms with E-state index < -0.39 is 0 Å². The molecule has 104 valence electrons. The van der Waals surface area contributed by atoms with Gasteiger partial charge in [0.05, 0.1) is 0 Å². The molecule has 0 aliphatic carbocycles. The molecule has 0 radical (unpaired) electrons. The summed E-state index contributed by atoms with van der Waals surface area (Å²) in [4.78, 5) is 18.1. The highest BCUT2D eigenvalue weighted by Gasteiger charge is 2.31. The van der Waals surface area contributed by atoms with Crippen LogP contribution >= 0.6 is 0 Å². The van der Waals surface area contributed by atoms with E-state index >= 15 is 0 Å². The van der Waals surface area contributed by atoms with Crippen molar-refractivity contribution in [2.75, 3.05) is 13.1 Å². The highest BCUT2D eigenvalue weighted by Crippen LogP contribution is 2.18. The molecular weight excluding hydrogens is 240 g/mol. The first kappa shape index (κ1) is 13.8. The lowest BCUT2D eigenvalue weighted by atomic mass is 9.95. The first-order valence-corrected chi connectivity index (χ1v) is 6.83. The fourth-order valence-electron chi connectivity index (χ4n) is 2.34. The lowest BCUT2D eigenvalue weighted by molar-refractivity contribution is -0.135. The highest BCUT2D eigenvalue weighted by atomic mass is 16.2. The van der Waals surface area contributed by atoms with E-state index in [-0.39, 0.29) is 11.8 Å². The van der Waals surface area contributed by atoms with Crippen LogP contribution in [0.2, 0.25) is 0 Å². The molecule has 5 heteroatoms. The van der Waals surface area contributed by atoms with Crippen LogP contribution in [0.3, 0.4) is 0 Å². The zero-order valence-corrected chi connectivity index (χ0v) is 11.9. The number of hydrogen-bond acceptors (Lipinski definition) is 3. The molecule has 0 aromatic carbocycles. The summed E-state index contributed by atoms with van der Waals surface area (Å²) in [6.45, 7) is 7.46. The van der Waals surface area contributed by atoms with Gasteiger partial charge in [-0.25, -0.2) is 4.98 Å². The van der Waals surface area contributed by atoms with Crippen molar-refractivity contribution in [1.29, 1.82) is 5.41 Å². The summed E-state index contributed by atoms with van der Waals surface area (Å²) >= 11 is 0. The van der Waals surface area contributed by atoms with Crippen molar-refractivity contribution >= 4 is 11.6 Å². The topological polar surface area (TPSA) is 62.0 Å². The number of rotatable bonds is 5. The van der Waals surface area contributed by atoms with E-state index in [0.29, 0.717) is 37.7 Å². The molecule has 1 saturated heterocycles. The third-order valence-corrected chi connectivity index (χ3v) is 3.71. The van der Waals surface area contributed by atoms with Crippen LogP contribution in [0, 0.1) is 11.3 Å². The van der Waals surface area contributed by atoms with Gasteiger partial charge in [-0.05, 0) is 20.8 Å². The minimum atomic E-state index is 0.177. The average molecular weight is 262 g/mol. The SMILES string of the molecule is CC(=N)C1CN(C(=O)CCc2nccn2C(C)C)C1. The maximum Gasteiger partial charge on any atom is 0.223 e. The fourth-order valence-corrected chi connectivity index (χ4v) is 2.34. The Labute approximate surface area is 114 Å². The Morgan fingerprint density at radius 3 is 2.79 bits per heavy atom. The van der Waals surface area contributed by atoms with E-state index in [9.17, 15) is 4.79 Å². The van der Waals surface area contributed by atoms with Gasteiger partial charge in [0, 0.05) is 56.0 Å². The summed E-state index contributed by atoms with van der Waals surface area (Å²) < 4.78 is 2.11. The van der Waals surface area contributed by atoms with Gasteiger partial charge in [-0.1, -0.05) is 0 Å². The van der Waals surface area contributed by atoms with Crippen LogP contribution in [0.4, 0.5) is 0 Å². The predicted octanol–water partition coefficient (Wildman–Crippen LogP) is 1.89.